The summed E-state index contributed by atoms with van der Waals surface area (Å²) in [5.41, 5.74) is 7.99. The fraction of sp³-hybridized carbons (Fsp3) is 0.0968. The van der Waals surface area contributed by atoms with Crippen molar-refractivity contribution in [2.24, 2.45) is 0 Å². The van der Waals surface area contributed by atoms with Crippen LogP contribution in [0.25, 0.3) is 49.4 Å². The van der Waals surface area contributed by atoms with Crippen molar-refractivity contribution in [3.63, 3.8) is 0 Å². The Morgan fingerprint density at radius 2 is 1.31 bits per heavy atom. The fourth-order valence-corrected chi connectivity index (χ4v) is 5.88. The van der Waals surface area contributed by atoms with Gasteiger partial charge < -0.3 is 4.57 Å². The van der Waals surface area contributed by atoms with Gasteiger partial charge in [0.1, 0.15) is 0 Å². The lowest BCUT2D eigenvalue weighted by molar-refractivity contribution is 0.666. The fourth-order valence-electron chi connectivity index (χ4n) is 5.88. The first kappa shape index (κ1) is 17.8. The van der Waals surface area contributed by atoms with Crippen LogP contribution in [0.3, 0.4) is 0 Å². The van der Waals surface area contributed by atoms with E-state index in [0.29, 0.717) is 0 Å². The smallest absolute Gasteiger partial charge is 0.0585 e. The minimum atomic E-state index is -0.0591. The summed E-state index contributed by atoms with van der Waals surface area (Å²) in [5, 5.41) is 6.56. The molecule has 0 spiro atoms. The van der Waals surface area contributed by atoms with Crippen LogP contribution in [0, 0.1) is 0 Å². The highest BCUT2D eigenvalue weighted by atomic mass is 15.0. The molecule has 0 saturated heterocycles. The van der Waals surface area contributed by atoms with Gasteiger partial charge in [0.2, 0.25) is 0 Å². The highest BCUT2D eigenvalue weighted by molar-refractivity contribution is 6.13. The van der Waals surface area contributed by atoms with Crippen molar-refractivity contribution in [2.75, 3.05) is 0 Å². The van der Waals surface area contributed by atoms with Gasteiger partial charge in [0.05, 0.1) is 11.2 Å². The largest absolute Gasteiger partial charge is 0.309 e. The number of fused-ring (bicyclic) bond motifs is 8. The monoisotopic (exact) mass is 409 g/mol. The minimum Gasteiger partial charge on any atom is -0.309 e. The predicted octanol–water partition coefficient (Wildman–Crippen LogP) is 8.24. The molecule has 1 aliphatic carbocycles. The topological polar surface area (TPSA) is 4.93 Å². The lowest BCUT2D eigenvalue weighted by atomic mass is 9.81. The Morgan fingerprint density at radius 3 is 2.19 bits per heavy atom. The van der Waals surface area contributed by atoms with Crippen LogP contribution in [-0.4, -0.2) is 4.57 Å². The number of hydrogen-bond donors (Lipinski definition) is 0. The van der Waals surface area contributed by atoms with E-state index in [1.54, 1.807) is 0 Å². The van der Waals surface area contributed by atoms with Gasteiger partial charge in [-0.1, -0.05) is 98.8 Å². The number of hydrogen-bond acceptors (Lipinski definition) is 0. The third kappa shape index (κ3) is 2.18. The first-order valence-electron chi connectivity index (χ1n) is 11.3. The Labute approximate surface area is 187 Å². The SMILES string of the molecule is CC1(C)c2ccccc2-c2c1c1c3ccccc3ccc1n2-c1ccc2ccccc2c1. The lowest BCUT2D eigenvalue weighted by Crippen LogP contribution is -2.14. The van der Waals surface area contributed by atoms with Crippen LogP contribution in [-0.2, 0) is 5.41 Å². The third-order valence-electron chi connectivity index (χ3n) is 7.33. The summed E-state index contributed by atoms with van der Waals surface area (Å²) in [6.45, 7) is 4.76. The average Bonchev–Trinajstić information content (AvgIpc) is 3.30. The Kier molecular flexibility index (Phi) is 3.40. The van der Waals surface area contributed by atoms with E-state index in [9.17, 15) is 0 Å². The molecular formula is C31H23N. The molecule has 0 amide bonds. The molecule has 6 aromatic rings. The van der Waals surface area contributed by atoms with Crippen LogP contribution in [0.15, 0.2) is 103 Å². The van der Waals surface area contributed by atoms with Crippen molar-refractivity contribution in [3.05, 3.63) is 114 Å². The lowest BCUT2D eigenvalue weighted by Gasteiger charge is -2.21. The Bertz CT molecular complexity index is 1700. The first-order valence-corrected chi connectivity index (χ1v) is 11.3. The van der Waals surface area contributed by atoms with Gasteiger partial charge in [0.15, 0.2) is 0 Å². The van der Waals surface area contributed by atoms with Gasteiger partial charge in [-0.05, 0) is 50.9 Å². The molecule has 1 aromatic heterocycles. The van der Waals surface area contributed by atoms with E-state index in [1.807, 2.05) is 0 Å². The van der Waals surface area contributed by atoms with Crippen LogP contribution < -0.4 is 0 Å². The van der Waals surface area contributed by atoms with Gasteiger partial charge in [0, 0.05) is 22.1 Å². The first-order chi connectivity index (χ1) is 15.6. The van der Waals surface area contributed by atoms with E-state index in [-0.39, 0.29) is 5.41 Å². The molecule has 0 bridgehead atoms. The maximum atomic E-state index is 2.50. The standard InChI is InChI=1S/C31H23N/c1-31(2)26-14-8-7-13-25(26)30-29(31)28-24-12-6-5-10-21(24)16-18-27(28)32(30)23-17-15-20-9-3-4-11-22(20)19-23/h3-19H,1-2H3. The van der Waals surface area contributed by atoms with Gasteiger partial charge in [-0.2, -0.15) is 0 Å². The molecule has 1 heterocycles. The maximum Gasteiger partial charge on any atom is 0.0585 e. The molecule has 1 nitrogen and oxygen atoms in total. The molecule has 0 radical (unpaired) electrons. The van der Waals surface area contributed by atoms with Crippen molar-refractivity contribution in [1.82, 2.24) is 4.57 Å². The van der Waals surface area contributed by atoms with Gasteiger partial charge in [0.25, 0.3) is 0 Å². The van der Waals surface area contributed by atoms with E-state index in [2.05, 4.69) is 122 Å². The Balaban J connectivity index is 1.70. The number of aromatic nitrogens is 1. The van der Waals surface area contributed by atoms with Gasteiger partial charge in [-0.3, -0.25) is 0 Å². The average molecular weight is 410 g/mol. The molecule has 0 fully saturated rings. The summed E-state index contributed by atoms with van der Waals surface area (Å²) in [7, 11) is 0. The molecular weight excluding hydrogens is 386 g/mol. The molecule has 1 aliphatic rings. The number of benzene rings is 5. The summed E-state index contributed by atoms with van der Waals surface area (Å²) < 4.78 is 2.50. The number of rotatable bonds is 1. The summed E-state index contributed by atoms with van der Waals surface area (Å²) in [6, 6.07) is 37.8. The van der Waals surface area contributed by atoms with E-state index >= 15 is 0 Å². The molecule has 152 valence electrons. The van der Waals surface area contributed by atoms with E-state index in [1.165, 1.54) is 60.5 Å². The van der Waals surface area contributed by atoms with Crippen LogP contribution in [0.4, 0.5) is 0 Å². The van der Waals surface area contributed by atoms with Crippen molar-refractivity contribution in [1.29, 1.82) is 0 Å². The molecule has 1 heteroatoms. The zero-order valence-electron chi connectivity index (χ0n) is 18.3. The molecule has 0 atom stereocenters. The van der Waals surface area contributed by atoms with Gasteiger partial charge >= 0.3 is 0 Å². The second-order valence-corrected chi connectivity index (χ2v) is 9.44. The molecule has 0 saturated carbocycles. The van der Waals surface area contributed by atoms with Crippen molar-refractivity contribution < 1.29 is 0 Å². The zero-order valence-corrected chi connectivity index (χ0v) is 18.3. The summed E-state index contributed by atoms with van der Waals surface area (Å²) in [5.74, 6) is 0. The van der Waals surface area contributed by atoms with E-state index < -0.39 is 0 Å². The van der Waals surface area contributed by atoms with Crippen molar-refractivity contribution >= 4 is 32.4 Å². The van der Waals surface area contributed by atoms with Gasteiger partial charge in [-0.25, -0.2) is 0 Å². The quantitative estimate of drug-likeness (QED) is 0.258. The summed E-state index contributed by atoms with van der Waals surface area (Å²) in [6.07, 6.45) is 0. The highest BCUT2D eigenvalue weighted by Crippen LogP contribution is 2.54. The predicted molar refractivity (Wildman–Crippen MR) is 136 cm³/mol. The Hall–Kier alpha value is -3.84. The maximum absolute atomic E-state index is 2.50. The number of nitrogens with zero attached hydrogens (tertiary/aromatic N) is 1. The third-order valence-corrected chi connectivity index (χ3v) is 7.33. The minimum absolute atomic E-state index is 0.0591. The van der Waals surface area contributed by atoms with Crippen LogP contribution in [0.5, 0.6) is 0 Å². The highest BCUT2D eigenvalue weighted by Gasteiger charge is 2.40. The van der Waals surface area contributed by atoms with E-state index in [4.69, 9.17) is 0 Å². The van der Waals surface area contributed by atoms with E-state index in [0.717, 1.165) is 0 Å². The molecule has 32 heavy (non-hydrogen) atoms. The summed E-state index contributed by atoms with van der Waals surface area (Å²) in [4.78, 5) is 0. The molecule has 7 rings (SSSR count). The van der Waals surface area contributed by atoms with Gasteiger partial charge in [-0.15, -0.1) is 0 Å². The second-order valence-electron chi connectivity index (χ2n) is 9.44. The van der Waals surface area contributed by atoms with Crippen LogP contribution in [0.1, 0.15) is 25.0 Å². The molecule has 5 aromatic carbocycles. The normalized spacial score (nSPS) is 14.2. The zero-order chi connectivity index (χ0) is 21.4. The van der Waals surface area contributed by atoms with Crippen LogP contribution >= 0.6 is 0 Å². The van der Waals surface area contributed by atoms with Crippen molar-refractivity contribution in [2.45, 2.75) is 19.3 Å². The van der Waals surface area contributed by atoms with Crippen molar-refractivity contribution in [3.8, 4) is 16.9 Å². The molecule has 0 unspecified atom stereocenters. The molecule has 0 aliphatic heterocycles. The Morgan fingerprint density at radius 1 is 0.625 bits per heavy atom. The molecule has 0 N–H and O–H groups in total. The summed E-state index contributed by atoms with van der Waals surface area (Å²) >= 11 is 0. The van der Waals surface area contributed by atoms with Crippen LogP contribution in [0.2, 0.25) is 0 Å². The second kappa shape index (κ2) is 6.11.